The third kappa shape index (κ3) is 2.63. The van der Waals surface area contributed by atoms with Crippen LogP contribution in [0.4, 0.5) is 17.1 Å². The van der Waals surface area contributed by atoms with Crippen molar-refractivity contribution in [1.29, 1.82) is 0 Å². The number of rotatable bonds is 3. The lowest BCUT2D eigenvalue weighted by atomic mass is 10.1. The molecule has 1 N–H and O–H groups in total. The van der Waals surface area contributed by atoms with E-state index in [0.717, 1.165) is 11.3 Å². The maximum Gasteiger partial charge on any atom is 0.264 e. The number of sulfonamides is 1. The molecule has 0 bridgehead atoms. The number of benzene rings is 2. The molecular formula is C19H21N3O3S. The van der Waals surface area contributed by atoms with Crippen LogP contribution in [0.3, 0.4) is 0 Å². The number of carbonyl (C=O) groups is 1. The SMILES string of the molecule is CC(C)N1CCN(S(=O)(=O)c2ccc3c(c2)CC(=O)N3)c2ccccc21. The second kappa shape index (κ2) is 6.02. The van der Waals surface area contributed by atoms with Crippen LogP contribution in [-0.2, 0) is 21.2 Å². The molecule has 2 aromatic rings. The Labute approximate surface area is 153 Å². The van der Waals surface area contributed by atoms with Gasteiger partial charge in [0, 0.05) is 18.3 Å². The maximum atomic E-state index is 13.3. The fourth-order valence-corrected chi connectivity index (χ4v) is 5.16. The largest absolute Gasteiger partial charge is 0.366 e. The lowest BCUT2D eigenvalue weighted by Crippen LogP contribution is -2.46. The van der Waals surface area contributed by atoms with Gasteiger partial charge >= 0.3 is 0 Å². The highest BCUT2D eigenvalue weighted by Crippen LogP contribution is 2.38. The minimum atomic E-state index is -3.70. The van der Waals surface area contributed by atoms with Crippen LogP contribution in [0.25, 0.3) is 0 Å². The average Bonchev–Trinajstić information content (AvgIpc) is 2.99. The number of anilines is 3. The number of nitrogens with one attached hydrogen (secondary N) is 1. The second-order valence-corrected chi connectivity index (χ2v) is 8.76. The number of hydrogen-bond acceptors (Lipinski definition) is 4. The first-order chi connectivity index (χ1) is 12.4. The molecule has 0 spiro atoms. The van der Waals surface area contributed by atoms with Gasteiger partial charge in [-0.1, -0.05) is 12.1 Å². The van der Waals surface area contributed by atoms with E-state index in [1.165, 1.54) is 4.31 Å². The standard InChI is InChI=1S/C19H21N3O3S/c1-13(2)21-9-10-22(18-6-4-3-5-17(18)21)26(24,25)15-7-8-16-14(11-15)12-19(23)20-16/h3-8,11,13H,9-10,12H2,1-2H3,(H,20,23). The van der Waals surface area contributed by atoms with E-state index >= 15 is 0 Å². The van der Waals surface area contributed by atoms with Gasteiger partial charge < -0.3 is 10.2 Å². The molecule has 4 rings (SSSR count). The minimum Gasteiger partial charge on any atom is -0.366 e. The van der Waals surface area contributed by atoms with Crippen molar-refractivity contribution in [2.75, 3.05) is 27.6 Å². The van der Waals surface area contributed by atoms with Gasteiger partial charge in [-0.3, -0.25) is 9.10 Å². The Balaban J connectivity index is 1.76. The van der Waals surface area contributed by atoms with Gasteiger partial charge in [0.2, 0.25) is 5.91 Å². The highest BCUT2D eigenvalue weighted by atomic mass is 32.2. The number of amides is 1. The van der Waals surface area contributed by atoms with Crippen molar-refractivity contribution in [1.82, 2.24) is 0 Å². The van der Waals surface area contributed by atoms with Crippen LogP contribution in [0.2, 0.25) is 0 Å². The molecule has 0 fully saturated rings. The maximum absolute atomic E-state index is 13.3. The summed E-state index contributed by atoms with van der Waals surface area (Å²) >= 11 is 0. The smallest absolute Gasteiger partial charge is 0.264 e. The van der Waals surface area contributed by atoms with Crippen molar-refractivity contribution in [3.8, 4) is 0 Å². The summed E-state index contributed by atoms with van der Waals surface area (Å²) in [6.45, 7) is 5.24. The van der Waals surface area contributed by atoms with E-state index in [1.807, 2.05) is 24.3 Å². The normalized spacial score (nSPS) is 16.5. The number of nitrogens with zero attached hydrogens (tertiary/aromatic N) is 2. The van der Waals surface area contributed by atoms with Crippen molar-refractivity contribution in [2.24, 2.45) is 0 Å². The fourth-order valence-electron chi connectivity index (χ4n) is 3.64. The van der Waals surface area contributed by atoms with E-state index in [-0.39, 0.29) is 23.3 Å². The molecule has 6 nitrogen and oxygen atoms in total. The Morgan fingerprint density at radius 3 is 2.50 bits per heavy atom. The number of carbonyl (C=O) groups excluding carboxylic acids is 1. The topological polar surface area (TPSA) is 69.7 Å². The van der Waals surface area contributed by atoms with Gasteiger partial charge in [-0.05, 0) is 49.7 Å². The zero-order valence-corrected chi connectivity index (χ0v) is 15.6. The van der Waals surface area contributed by atoms with Crippen LogP contribution in [-0.4, -0.2) is 33.5 Å². The fraction of sp³-hybridized carbons (Fsp3) is 0.316. The third-order valence-electron chi connectivity index (χ3n) is 4.92. The molecule has 136 valence electrons. The van der Waals surface area contributed by atoms with Gasteiger partial charge in [-0.2, -0.15) is 0 Å². The zero-order valence-electron chi connectivity index (χ0n) is 14.8. The van der Waals surface area contributed by atoms with Gasteiger partial charge in [0.15, 0.2) is 0 Å². The Kier molecular flexibility index (Phi) is 3.91. The Morgan fingerprint density at radius 2 is 1.77 bits per heavy atom. The van der Waals surface area contributed by atoms with Crippen LogP contribution in [0.15, 0.2) is 47.4 Å². The second-order valence-electron chi connectivity index (χ2n) is 6.90. The highest BCUT2D eigenvalue weighted by molar-refractivity contribution is 7.92. The first kappa shape index (κ1) is 16.9. The van der Waals surface area contributed by atoms with Crippen LogP contribution in [0.5, 0.6) is 0 Å². The summed E-state index contributed by atoms with van der Waals surface area (Å²) in [6, 6.07) is 12.7. The molecule has 2 aromatic carbocycles. The van der Waals surface area contributed by atoms with Crippen molar-refractivity contribution >= 4 is 33.0 Å². The molecule has 0 radical (unpaired) electrons. The van der Waals surface area contributed by atoms with Crippen LogP contribution in [0, 0.1) is 0 Å². The van der Waals surface area contributed by atoms with Crippen LogP contribution >= 0.6 is 0 Å². The molecule has 7 heteroatoms. The molecule has 0 saturated heterocycles. The molecule has 2 aliphatic rings. The van der Waals surface area contributed by atoms with E-state index in [4.69, 9.17) is 0 Å². The van der Waals surface area contributed by atoms with Crippen molar-refractivity contribution in [2.45, 2.75) is 31.2 Å². The first-order valence-corrected chi connectivity index (χ1v) is 10.1. The van der Waals surface area contributed by atoms with Crippen LogP contribution in [0.1, 0.15) is 19.4 Å². The number of para-hydroxylation sites is 2. The van der Waals surface area contributed by atoms with E-state index in [0.29, 0.717) is 24.5 Å². The first-order valence-electron chi connectivity index (χ1n) is 8.69. The Bertz CT molecular complexity index is 985. The summed E-state index contributed by atoms with van der Waals surface area (Å²) in [5.41, 5.74) is 3.04. The lowest BCUT2D eigenvalue weighted by molar-refractivity contribution is -0.115. The highest BCUT2D eigenvalue weighted by Gasteiger charge is 2.33. The van der Waals surface area contributed by atoms with Gasteiger partial charge in [0.1, 0.15) is 0 Å². The van der Waals surface area contributed by atoms with Gasteiger partial charge in [-0.25, -0.2) is 8.42 Å². The van der Waals surface area contributed by atoms with Crippen LogP contribution < -0.4 is 14.5 Å². The molecule has 26 heavy (non-hydrogen) atoms. The molecule has 0 aliphatic carbocycles. The van der Waals surface area contributed by atoms with E-state index in [9.17, 15) is 13.2 Å². The van der Waals surface area contributed by atoms with Gasteiger partial charge in [0.25, 0.3) is 10.0 Å². The van der Waals surface area contributed by atoms with Crippen molar-refractivity contribution in [3.63, 3.8) is 0 Å². The van der Waals surface area contributed by atoms with Crippen molar-refractivity contribution in [3.05, 3.63) is 48.0 Å². The molecule has 2 heterocycles. The summed E-state index contributed by atoms with van der Waals surface area (Å²) in [4.78, 5) is 14.0. The lowest BCUT2D eigenvalue weighted by Gasteiger charge is -2.40. The van der Waals surface area contributed by atoms with Gasteiger partial charge in [0.05, 0.1) is 29.2 Å². The predicted octanol–water partition coefficient (Wildman–Crippen LogP) is 2.60. The Morgan fingerprint density at radius 1 is 1.04 bits per heavy atom. The van der Waals surface area contributed by atoms with E-state index in [1.54, 1.807) is 18.2 Å². The monoisotopic (exact) mass is 371 g/mol. The van der Waals surface area contributed by atoms with Gasteiger partial charge in [-0.15, -0.1) is 0 Å². The minimum absolute atomic E-state index is 0.106. The van der Waals surface area contributed by atoms with Crippen molar-refractivity contribution < 1.29 is 13.2 Å². The average molecular weight is 371 g/mol. The summed E-state index contributed by atoms with van der Waals surface area (Å²) < 4.78 is 28.1. The summed E-state index contributed by atoms with van der Waals surface area (Å²) in [5, 5.41) is 2.74. The predicted molar refractivity (Wildman–Crippen MR) is 102 cm³/mol. The molecular weight excluding hydrogens is 350 g/mol. The zero-order chi connectivity index (χ0) is 18.5. The summed E-state index contributed by atoms with van der Waals surface area (Å²) in [7, 11) is -3.70. The number of hydrogen-bond donors (Lipinski definition) is 1. The van der Waals surface area contributed by atoms with E-state index in [2.05, 4.69) is 24.1 Å². The molecule has 0 aromatic heterocycles. The number of fused-ring (bicyclic) bond motifs is 2. The molecule has 2 aliphatic heterocycles. The Hall–Kier alpha value is -2.54. The summed E-state index contributed by atoms with van der Waals surface area (Å²) in [5.74, 6) is -0.106. The molecule has 0 unspecified atom stereocenters. The molecule has 1 amide bonds. The molecule has 0 saturated carbocycles. The molecule has 0 atom stereocenters. The van der Waals surface area contributed by atoms with E-state index < -0.39 is 10.0 Å². The third-order valence-corrected chi connectivity index (χ3v) is 6.73. The quantitative estimate of drug-likeness (QED) is 0.900. The summed E-state index contributed by atoms with van der Waals surface area (Å²) in [6.07, 6.45) is 0.219.